The van der Waals surface area contributed by atoms with Crippen LogP contribution in [-0.2, 0) is 0 Å². The molecule has 0 saturated heterocycles. The van der Waals surface area contributed by atoms with E-state index in [4.69, 9.17) is 16.3 Å². The van der Waals surface area contributed by atoms with E-state index in [1.165, 1.54) is 6.19 Å². The van der Waals surface area contributed by atoms with Gasteiger partial charge in [0.2, 0.25) is 12.2 Å². The number of rotatable bonds is 0. The van der Waals surface area contributed by atoms with Crippen LogP contribution in [0.5, 0.6) is 0 Å². The minimum atomic E-state index is -0.535. The molecule has 0 fully saturated rings. The van der Waals surface area contributed by atoms with E-state index in [1.807, 2.05) is 0 Å². The van der Waals surface area contributed by atoms with Gasteiger partial charge in [-0.2, -0.15) is 10.3 Å². The van der Waals surface area contributed by atoms with Crippen LogP contribution in [0.25, 0.3) is 20.9 Å². The normalized spacial score (nSPS) is 5.90. The summed E-state index contributed by atoms with van der Waals surface area (Å²) in [5.74, 6) is -0.535. The molecule has 0 unspecified atom stereocenters. The zero-order valence-corrected chi connectivity index (χ0v) is 4.58. The van der Waals surface area contributed by atoms with Crippen LogP contribution in [0.1, 0.15) is 0 Å². The molecule has 0 heterocycles. The Hall–Kier alpha value is -2.22. The molecular formula is C2N8. The summed E-state index contributed by atoms with van der Waals surface area (Å²) in [5, 5.41) is 13.5. The van der Waals surface area contributed by atoms with E-state index in [2.05, 4.69) is 25.0 Å². The first kappa shape index (κ1) is 7.78. The van der Waals surface area contributed by atoms with Gasteiger partial charge in [-0.05, 0) is 21.3 Å². The Bertz CT molecular complexity index is 246. The summed E-state index contributed by atoms with van der Waals surface area (Å²) in [6.45, 7) is 0. The van der Waals surface area contributed by atoms with Gasteiger partial charge in [0.25, 0.3) is 0 Å². The number of guanidine groups is 1. The molecule has 0 rings (SSSR count). The largest absolute Gasteiger partial charge is 0.205 e. The summed E-state index contributed by atoms with van der Waals surface area (Å²) in [6, 6.07) is 0. The van der Waals surface area contributed by atoms with Crippen molar-refractivity contribution in [2.24, 2.45) is 15.2 Å². The van der Waals surface area contributed by atoms with Crippen molar-refractivity contribution >= 4 is 5.96 Å². The van der Waals surface area contributed by atoms with Crippen LogP contribution in [0.4, 0.5) is 0 Å². The van der Waals surface area contributed by atoms with Gasteiger partial charge in [0.1, 0.15) is 0 Å². The van der Waals surface area contributed by atoms with Crippen molar-refractivity contribution in [2.45, 2.75) is 0 Å². The van der Waals surface area contributed by atoms with Gasteiger partial charge in [-0.1, -0.05) is 0 Å². The van der Waals surface area contributed by atoms with E-state index in [-0.39, 0.29) is 0 Å². The lowest BCUT2D eigenvalue weighted by Crippen LogP contribution is -1.80. The van der Waals surface area contributed by atoms with Gasteiger partial charge >= 0.3 is 0 Å². The highest BCUT2D eigenvalue weighted by atomic mass is 15.3. The fraction of sp³-hybridized carbons (Fsp3) is 0. The molecule has 8 heteroatoms. The lowest BCUT2D eigenvalue weighted by molar-refractivity contribution is 1.36. The molecule has 0 aromatic rings. The highest BCUT2D eigenvalue weighted by molar-refractivity contribution is 5.82. The third-order valence-electron chi connectivity index (χ3n) is 0.418. The zero-order chi connectivity index (χ0) is 7.82. The number of hydrogen-bond donors (Lipinski definition) is 0. The minimum Gasteiger partial charge on any atom is -0.170 e. The molecule has 48 valence electrons. The molecule has 0 saturated carbocycles. The Morgan fingerprint density at radius 3 is 2.10 bits per heavy atom. The van der Waals surface area contributed by atoms with Gasteiger partial charge in [-0.15, -0.1) is 0 Å². The molecule has 0 aliphatic heterocycles. The van der Waals surface area contributed by atoms with E-state index in [9.17, 15) is 0 Å². The van der Waals surface area contributed by atoms with Crippen LogP contribution in [0, 0.1) is 11.5 Å². The first-order valence-corrected chi connectivity index (χ1v) is 1.92. The van der Waals surface area contributed by atoms with E-state index < -0.39 is 5.96 Å². The number of nitriles is 1. The Labute approximate surface area is 54.7 Å². The summed E-state index contributed by atoms with van der Waals surface area (Å²) < 4.78 is 0. The summed E-state index contributed by atoms with van der Waals surface area (Å²) in [4.78, 5) is 7.39. The summed E-state index contributed by atoms with van der Waals surface area (Å²) in [5.41, 5.74) is 15.5. The molecule has 0 spiro atoms. The first-order chi connectivity index (χ1) is 4.85. The van der Waals surface area contributed by atoms with Crippen LogP contribution >= 0.6 is 0 Å². The van der Waals surface area contributed by atoms with Crippen molar-refractivity contribution in [3.8, 4) is 6.19 Å². The van der Waals surface area contributed by atoms with E-state index in [1.54, 1.807) is 0 Å². The van der Waals surface area contributed by atoms with Gasteiger partial charge < -0.3 is 0 Å². The molecule has 0 aromatic heterocycles. The van der Waals surface area contributed by atoms with Crippen molar-refractivity contribution in [2.75, 3.05) is 0 Å². The Balaban J connectivity index is 4.61. The lowest BCUT2D eigenvalue weighted by atomic mass is 11.0. The summed E-state index contributed by atoms with van der Waals surface area (Å²) in [7, 11) is 0. The highest BCUT2D eigenvalue weighted by Gasteiger charge is 1.85. The smallest absolute Gasteiger partial charge is 0.170 e. The van der Waals surface area contributed by atoms with Gasteiger partial charge in [0.05, 0.1) is 0 Å². The Morgan fingerprint density at radius 2 is 1.80 bits per heavy atom. The highest BCUT2D eigenvalue weighted by Crippen LogP contribution is 1.83. The first-order valence-electron chi connectivity index (χ1n) is 1.92. The third kappa shape index (κ3) is 2.87. The molecule has 0 amide bonds. The number of aliphatic imine (C=N–C) groups is 1. The van der Waals surface area contributed by atoms with Gasteiger partial charge in [0.15, 0.2) is 0 Å². The van der Waals surface area contributed by atoms with Crippen molar-refractivity contribution in [1.82, 2.24) is 0 Å². The zero-order valence-electron chi connectivity index (χ0n) is 4.58. The second-order valence-electron chi connectivity index (χ2n) is 0.891. The van der Waals surface area contributed by atoms with Gasteiger partial charge in [0, 0.05) is 9.82 Å². The third-order valence-corrected chi connectivity index (χ3v) is 0.418. The molecule has 0 bridgehead atoms. The van der Waals surface area contributed by atoms with Crippen LogP contribution in [0.2, 0.25) is 0 Å². The van der Waals surface area contributed by atoms with Crippen molar-refractivity contribution in [3.63, 3.8) is 0 Å². The minimum absolute atomic E-state index is 0.535. The predicted molar refractivity (Wildman–Crippen MR) is 31.3 cm³/mol. The van der Waals surface area contributed by atoms with E-state index in [0.29, 0.717) is 0 Å². The number of azide groups is 1. The van der Waals surface area contributed by atoms with Gasteiger partial charge in [-0.3, -0.25) is 0 Å². The second-order valence-corrected chi connectivity index (χ2v) is 0.891. The van der Waals surface area contributed by atoms with Gasteiger partial charge in [-0.25, -0.2) is 0 Å². The fourth-order valence-electron chi connectivity index (χ4n) is 0.189. The van der Waals surface area contributed by atoms with Crippen LogP contribution < -0.4 is 0 Å². The Morgan fingerprint density at radius 1 is 1.30 bits per heavy atom. The Kier molecular flexibility index (Phi) is 3.83. The molecule has 0 aromatic carbocycles. The molecule has 0 atom stereocenters. The topological polar surface area (TPSA) is 134 Å². The molecule has 0 aliphatic carbocycles. The maximum Gasteiger partial charge on any atom is 0.205 e. The molecule has 0 N–H and O–H groups in total. The lowest BCUT2D eigenvalue weighted by Gasteiger charge is -1.75. The number of hydrogen-bond acceptors (Lipinski definition) is 2. The van der Waals surface area contributed by atoms with Crippen molar-refractivity contribution in [1.29, 1.82) is 5.26 Å². The van der Waals surface area contributed by atoms with Crippen molar-refractivity contribution < 1.29 is 0 Å². The molecule has 10 heavy (non-hydrogen) atoms. The van der Waals surface area contributed by atoms with Crippen molar-refractivity contribution in [3.05, 3.63) is 20.9 Å². The summed E-state index contributed by atoms with van der Waals surface area (Å²) >= 11 is 0. The van der Waals surface area contributed by atoms with Crippen LogP contribution in [0.15, 0.2) is 15.2 Å². The molecule has 0 radical (unpaired) electrons. The molecule has 8 nitrogen and oxygen atoms in total. The quantitative estimate of drug-likeness (QED) is 0.122. The predicted octanol–water partition coefficient (Wildman–Crippen LogP) is 1.44. The second kappa shape index (κ2) is 4.93. The molecule has 0 aliphatic rings. The monoisotopic (exact) mass is 136 g/mol. The fourth-order valence-corrected chi connectivity index (χ4v) is 0.189. The SMILES string of the molecule is N#CN=C(N=[N+]=[N-])N=[N+]=[N-]. The standard InChI is InChI=1S/C2N8/c3-1-6-2(7-9-4)8-10-5. The van der Waals surface area contributed by atoms with Crippen LogP contribution in [-0.4, -0.2) is 5.96 Å². The maximum atomic E-state index is 7.89. The summed E-state index contributed by atoms with van der Waals surface area (Å²) in [6.07, 6.45) is 1.30. The average molecular weight is 136 g/mol. The molecular weight excluding hydrogens is 136 g/mol. The number of nitrogens with zero attached hydrogens (tertiary/aromatic N) is 8. The van der Waals surface area contributed by atoms with E-state index >= 15 is 0 Å². The maximum absolute atomic E-state index is 7.89. The van der Waals surface area contributed by atoms with Crippen LogP contribution in [0.3, 0.4) is 0 Å². The van der Waals surface area contributed by atoms with E-state index in [0.717, 1.165) is 0 Å². The average Bonchev–Trinajstić information content (AvgIpc) is 1.90.